The van der Waals surface area contributed by atoms with Crippen molar-refractivity contribution in [3.05, 3.63) is 42.0 Å². The Kier molecular flexibility index (Phi) is 3.26. The molecule has 0 aliphatic carbocycles. The molecule has 0 fully saturated rings. The second kappa shape index (κ2) is 4.97. The highest BCUT2D eigenvalue weighted by atomic mass is 32.2. The average molecular weight is 321 g/mol. The lowest BCUT2D eigenvalue weighted by Crippen LogP contribution is -2.13. The fraction of sp³-hybridized carbons (Fsp3) is 0.0769. The summed E-state index contributed by atoms with van der Waals surface area (Å²) < 4.78 is 35.4. The second-order valence-corrected chi connectivity index (χ2v) is 6.67. The third-order valence-corrected chi connectivity index (χ3v) is 4.96. The number of fused-ring (bicyclic) bond motifs is 1. The van der Waals surface area contributed by atoms with E-state index >= 15 is 0 Å². The molecule has 0 saturated carbocycles. The number of nitrogens with one attached hydrogen (secondary N) is 1. The summed E-state index contributed by atoms with van der Waals surface area (Å²) in [5.74, 6) is 0.0312. The summed E-state index contributed by atoms with van der Waals surface area (Å²) in [5.41, 5.74) is 1.84. The van der Waals surface area contributed by atoms with Gasteiger partial charge >= 0.3 is 0 Å². The number of sulfonamides is 1. The van der Waals surface area contributed by atoms with Gasteiger partial charge in [0.1, 0.15) is 21.7 Å². The normalized spacial score (nSPS) is 11.7. The molecule has 0 atom stereocenters. The van der Waals surface area contributed by atoms with Crippen LogP contribution >= 0.6 is 11.7 Å². The molecule has 8 heteroatoms. The van der Waals surface area contributed by atoms with E-state index in [2.05, 4.69) is 13.5 Å². The van der Waals surface area contributed by atoms with E-state index in [1.54, 1.807) is 31.2 Å². The Bertz CT molecular complexity index is 919. The van der Waals surface area contributed by atoms with E-state index in [1.165, 1.54) is 12.1 Å². The van der Waals surface area contributed by atoms with Gasteiger partial charge in [-0.2, -0.15) is 8.75 Å². The van der Waals surface area contributed by atoms with Crippen LogP contribution in [0.2, 0.25) is 0 Å². The summed E-state index contributed by atoms with van der Waals surface area (Å²) in [7, 11) is -3.80. The van der Waals surface area contributed by atoms with E-state index in [0.29, 0.717) is 22.3 Å². The number of phenolic OH excluding ortho intramolecular Hbond substituents is 1. The number of aromatic nitrogens is 2. The number of aryl methyl sites for hydroxylation is 1. The van der Waals surface area contributed by atoms with E-state index < -0.39 is 10.0 Å². The topological polar surface area (TPSA) is 92.2 Å². The number of anilines is 1. The van der Waals surface area contributed by atoms with Gasteiger partial charge in [0.2, 0.25) is 0 Å². The van der Waals surface area contributed by atoms with Crippen LogP contribution in [0.3, 0.4) is 0 Å². The lowest BCUT2D eigenvalue weighted by molar-refractivity contribution is 0.471. The molecule has 0 saturated heterocycles. The molecule has 3 rings (SSSR count). The molecule has 2 N–H and O–H groups in total. The van der Waals surface area contributed by atoms with Crippen molar-refractivity contribution >= 4 is 38.5 Å². The second-order valence-electron chi connectivity index (χ2n) is 4.49. The number of aromatic hydroxyl groups is 1. The van der Waals surface area contributed by atoms with E-state index in [9.17, 15) is 13.5 Å². The van der Waals surface area contributed by atoms with Gasteiger partial charge in [0, 0.05) is 6.07 Å². The zero-order valence-electron chi connectivity index (χ0n) is 10.9. The van der Waals surface area contributed by atoms with Crippen LogP contribution in [0.15, 0.2) is 41.3 Å². The number of rotatable bonds is 3. The highest BCUT2D eigenvalue weighted by Gasteiger charge is 2.19. The molecule has 108 valence electrons. The van der Waals surface area contributed by atoms with Crippen LogP contribution in [-0.4, -0.2) is 22.3 Å². The fourth-order valence-corrected chi connectivity index (χ4v) is 3.70. The Labute approximate surface area is 125 Å². The molecule has 2 aromatic carbocycles. The van der Waals surface area contributed by atoms with E-state index in [0.717, 1.165) is 11.7 Å². The maximum absolute atomic E-state index is 12.5. The molecule has 21 heavy (non-hydrogen) atoms. The molecule has 1 aromatic heterocycles. The van der Waals surface area contributed by atoms with Crippen LogP contribution in [0.1, 0.15) is 5.56 Å². The molecule has 1 heterocycles. The minimum absolute atomic E-state index is 0.0312. The molecule has 0 aliphatic heterocycles. The smallest absolute Gasteiger partial charge is 0.264 e. The number of hydrogen-bond donors (Lipinski definition) is 2. The number of hydrogen-bond acceptors (Lipinski definition) is 6. The third-order valence-electron chi connectivity index (χ3n) is 3.00. The van der Waals surface area contributed by atoms with Crippen molar-refractivity contribution in [2.24, 2.45) is 0 Å². The first-order valence-electron chi connectivity index (χ1n) is 6.01. The van der Waals surface area contributed by atoms with E-state index in [1.807, 2.05) is 0 Å². The number of benzene rings is 2. The van der Waals surface area contributed by atoms with Crippen molar-refractivity contribution in [1.82, 2.24) is 8.75 Å². The summed E-state index contributed by atoms with van der Waals surface area (Å²) in [6, 6.07) is 9.39. The molecular formula is C13H11N3O3S2. The molecule has 0 bridgehead atoms. The maximum atomic E-state index is 12.5. The van der Waals surface area contributed by atoms with Crippen molar-refractivity contribution in [2.45, 2.75) is 11.8 Å². The molecule has 0 unspecified atom stereocenters. The summed E-state index contributed by atoms with van der Waals surface area (Å²) >= 11 is 0.962. The third kappa shape index (κ3) is 2.55. The van der Waals surface area contributed by atoms with Gasteiger partial charge in [-0.3, -0.25) is 4.72 Å². The lowest BCUT2D eigenvalue weighted by atomic mass is 10.2. The van der Waals surface area contributed by atoms with Gasteiger partial charge in [-0.1, -0.05) is 12.1 Å². The van der Waals surface area contributed by atoms with Crippen LogP contribution in [0.25, 0.3) is 11.0 Å². The first kappa shape index (κ1) is 13.8. The molecule has 0 amide bonds. The first-order chi connectivity index (χ1) is 9.97. The minimum Gasteiger partial charge on any atom is -0.508 e. The van der Waals surface area contributed by atoms with Gasteiger partial charge in [-0.25, -0.2) is 8.42 Å². The first-order valence-corrected chi connectivity index (χ1v) is 8.22. The standard InChI is InChI=1S/C13H11N3O3S2/c1-8-5-6-9(7-11(8)17)16-21(18,19)12-4-2-3-10-13(12)15-20-14-10/h2-7,16-17H,1H3. The van der Waals surface area contributed by atoms with Gasteiger partial charge in [0.05, 0.1) is 17.4 Å². The predicted molar refractivity (Wildman–Crippen MR) is 81.1 cm³/mol. The molecule has 0 aliphatic rings. The van der Waals surface area contributed by atoms with Crippen molar-refractivity contribution in [3.63, 3.8) is 0 Å². The zero-order valence-corrected chi connectivity index (χ0v) is 12.6. The molecular weight excluding hydrogens is 310 g/mol. The average Bonchev–Trinajstić information content (AvgIpc) is 2.90. The predicted octanol–water partition coefficient (Wildman–Crippen LogP) is 2.51. The molecule has 6 nitrogen and oxygen atoms in total. The van der Waals surface area contributed by atoms with Crippen molar-refractivity contribution in [3.8, 4) is 5.75 Å². The SMILES string of the molecule is Cc1ccc(NS(=O)(=O)c2cccc3nsnc23)cc1O. The largest absolute Gasteiger partial charge is 0.508 e. The Morgan fingerprint density at radius 2 is 2.00 bits per heavy atom. The van der Waals surface area contributed by atoms with Gasteiger partial charge < -0.3 is 5.11 Å². The maximum Gasteiger partial charge on any atom is 0.264 e. The lowest BCUT2D eigenvalue weighted by Gasteiger charge is -2.09. The van der Waals surface area contributed by atoms with Crippen LogP contribution < -0.4 is 4.72 Å². The summed E-state index contributed by atoms with van der Waals surface area (Å²) in [5, 5.41) is 9.65. The Hall–Kier alpha value is -2.19. The van der Waals surface area contributed by atoms with Crippen LogP contribution in [0, 0.1) is 6.92 Å². The van der Waals surface area contributed by atoms with E-state index in [4.69, 9.17) is 0 Å². The van der Waals surface area contributed by atoms with Gasteiger partial charge in [0.25, 0.3) is 10.0 Å². The van der Waals surface area contributed by atoms with Crippen molar-refractivity contribution in [2.75, 3.05) is 4.72 Å². The summed E-state index contributed by atoms with van der Waals surface area (Å²) in [6.07, 6.45) is 0. The quantitative estimate of drug-likeness (QED) is 0.773. The van der Waals surface area contributed by atoms with E-state index in [-0.39, 0.29) is 10.6 Å². The van der Waals surface area contributed by atoms with Crippen molar-refractivity contribution in [1.29, 1.82) is 0 Å². The van der Waals surface area contributed by atoms with Gasteiger partial charge in [-0.05, 0) is 30.7 Å². The summed E-state index contributed by atoms with van der Waals surface area (Å²) in [6.45, 7) is 1.73. The number of phenols is 1. The molecule has 3 aromatic rings. The van der Waals surface area contributed by atoms with Crippen LogP contribution in [0.4, 0.5) is 5.69 Å². The van der Waals surface area contributed by atoms with Gasteiger partial charge in [0.15, 0.2) is 0 Å². The summed E-state index contributed by atoms with van der Waals surface area (Å²) in [4.78, 5) is 0.0637. The van der Waals surface area contributed by atoms with Crippen LogP contribution in [0.5, 0.6) is 5.75 Å². The molecule has 0 radical (unpaired) electrons. The monoisotopic (exact) mass is 321 g/mol. The Morgan fingerprint density at radius 1 is 1.19 bits per heavy atom. The highest BCUT2D eigenvalue weighted by molar-refractivity contribution is 7.93. The zero-order chi connectivity index (χ0) is 15.0. The minimum atomic E-state index is -3.80. The number of nitrogens with zero attached hydrogens (tertiary/aromatic N) is 2. The van der Waals surface area contributed by atoms with Gasteiger partial charge in [-0.15, -0.1) is 0 Å². The highest BCUT2D eigenvalue weighted by Crippen LogP contribution is 2.26. The van der Waals surface area contributed by atoms with Crippen LogP contribution in [-0.2, 0) is 10.0 Å². The Balaban J connectivity index is 2.04. The van der Waals surface area contributed by atoms with Crippen molar-refractivity contribution < 1.29 is 13.5 Å². The molecule has 0 spiro atoms. The fourth-order valence-electron chi connectivity index (χ4n) is 1.88. The Morgan fingerprint density at radius 3 is 2.76 bits per heavy atom.